The van der Waals surface area contributed by atoms with Crippen LogP contribution in [0.15, 0.2) is 52.9 Å². The van der Waals surface area contributed by atoms with E-state index in [0.717, 1.165) is 23.9 Å². The topological polar surface area (TPSA) is 94.8 Å². The van der Waals surface area contributed by atoms with E-state index in [1.54, 1.807) is 9.58 Å². The summed E-state index contributed by atoms with van der Waals surface area (Å²) in [5.41, 5.74) is 3.28. The summed E-state index contributed by atoms with van der Waals surface area (Å²) < 4.78 is 13.1. The van der Waals surface area contributed by atoms with E-state index in [0.29, 0.717) is 35.8 Å². The molecule has 3 heterocycles. The molecule has 1 saturated heterocycles. The Labute approximate surface area is 220 Å². The summed E-state index contributed by atoms with van der Waals surface area (Å²) in [6.45, 7) is 15.7. The van der Waals surface area contributed by atoms with E-state index in [-0.39, 0.29) is 29.3 Å². The standard InChI is InChI=1S/C29H29N5O4/c1-18(35)26-25(30-5)24(32-34(26)21-9-8-16-33(17-21)28(36)38-29(2,3)4)19-12-14-20(15-13-19)27-31-22-10-6-7-11-23(22)37-27/h6-7,10-15,21H,8-9,16-17H2,1-4H3/t21-/m1/s1. The van der Waals surface area contributed by atoms with Crippen LogP contribution in [0.3, 0.4) is 0 Å². The maximum Gasteiger partial charge on any atom is 0.410 e. The van der Waals surface area contributed by atoms with Crippen LogP contribution in [0.5, 0.6) is 0 Å². The predicted octanol–water partition coefficient (Wildman–Crippen LogP) is 6.68. The normalized spacial score (nSPS) is 15.9. The van der Waals surface area contributed by atoms with Crippen LogP contribution in [0.4, 0.5) is 10.5 Å². The second-order valence-corrected chi connectivity index (χ2v) is 10.4. The van der Waals surface area contributed by atoms with Gasteiger partial charge in [0.1, 0.15) is 16.8 Å². The van der Waals surface area contributed by atoms with Crippen molar-refractivity contribution in [1.29, 1.82) is 0 Å². The molecule has 0 bridgehead atoms. The third-order valence-electron chi connectivity index (χ3n) is 6.42. The molecule has 0 aliphatic carbocycles. The van der Waals surface area contributed by atoms with Crippen molar-refractivity contribution < 1.29 is 18.7 Å². The number of ether oxygens (including phenoxy) is 1. The highest BCUT2D eigenvalue weighted by atomic mass is 16.6. The Hall–Kier alpha value is -4.45. The number of fused-ring (bicyclic) bond motifs is 1. The Morgan fingerprint density at radius 1 is 1.11 bits per heavy atom. The number of hydrogen-bond donors (Lipinski definition) is 0. The molecule has 1 aliphatic heterocycles. The second-order valence-electron chi connectivity index (χ2n) is 10.4. The average molecular weight is 512 g/mol. The van der Waals surface area contributed by atoms with E-state index in [1.165, 1.54) is 6.92 Å². The van der Waals surface area contributed by atoms with E-state index < -0.39 is 5.60 Å². The number of likely N-dealkylation sites (tertiary alicyclic amines) is 1. The monoisotopic (exact) mass is 511 g/mol. The molecule has 0 N–H and O–H groups in total. The molecule has 1 fully saturated rings. The maximum atomic E-state index is 12.7. The summed E-state index contributed by atoms with van der Waals surface area (Å²) in [7, 11) is 0. The number of oxazole rings is 1. The Kier molecular flexibility index (Phi) is 6.49. The van der Waals surface area contributed by atoms with E-state index in [2.05, 4.69) is 9.83 Å². The lowest BCUT2D eigenvalue weighted by molar-refractivity contribution is 0.0167. The van der Waals surface area contributed by atoms with E-state index in [1.807, 2.05) is 69.3 Å². The number of para-hydroxylation sites is 2. The zero-order valence-corrected chi connectivity index (χ0v) is 21.9. The highest BCUT2D eigenvalue weighted by Crippen LogP contribution is 2.37. The van der Waals surface area contributed by atoms with Crippen LogP contribution in [-0.2, 0) is 4.74 Å². The molecule has 0 unspecified atom stereocenters. The van der Waals surface area contributed by atoms with Gasteiger partial charge >= 0.3 is 6.09 Å². The number of hydrogen-bond acceptors (Lipinski definition) is 6. The fraction of sp³-hybridized carbons (Fsp3) is 0.345. The zero-order chi connectivity index (χ0) is 27.0. The van der Waals surface area contributed by atoms with Gasteiger partial charge in [0.25, 0.3) is 0 Å². The lowest BCUT2D eigenvalue weighted by Gasteiger charge is -2.34. The SMILES string of the molecule is [C-]#[N+]c1c(-c2ccc(-c3nc4ccccc4o3)cc2)nn([C@@H]2CCCN(C(=O)OC(C)(C)C)C2)c1C(C)=O. The van der Waals surface area contributed by atoms with Gasteiger partial charge in [0.05, 0.1) is 18.3 Å². The number of piperidine rings is 1. The van der Waals surface area contributed by atoms with Crippen molar-refractivity contribution in [1.82, 2.24) is 19.7 Å². The molecule has 5 rings (SSSR count). The van der Waals surface area contributed by atoms with Gasteiger partial charge in [-0.1, -0.05) is 24.3 Å². The van der Waals surface area contributed by atoms with Crippen molar-refractivity contribution in [3.63, 3.8) is 0 Å². The Bertz CT molecular complexity index is 1520. The first-order valence-electron chi connectivity index (χ1n) is 12.6. The lowest BCUT2D eigenvalue weighted by atomic mass is 10.0. The first-order valence-corrected chi connectivity index (χ1v) is 12.6. The first kappa shape index (κ1) is 25.2. The van der Waals surface area contributed by atoms with Crippen LogP contribution in [0.25, 0.3) is 38.7 Å². The van der Waals surface area contributed by atoms with Crippen LogP contribution < -0.4 is 0 Å². The highest BCUT2D eigenvalue weighted by molar-refractivity contribution is 6.01. The Balaban J connectivity index is 1.47. The number of aromatic nitrogens is 3. The summed E-state index contributed by atoms with van der Waals surface area (Å²) in [5.74, 6) is 0.259. The summed E-state index contributed by atoms with van der Waals surface area (Å²) in [6, 6.07) is 14.8. The minimum atomic E-state index is -0.602. The Morgan fingerprint density at radius 3 is 2.47 bits per heavy atom. The molecule has 2 aromatic heterocycles. The quantitative estimate of drug-likeness (QED) is 0.224. The minimum Gasteiger partial charge on any atom is -0.444 e. The third kappa shape index (κ3) is 4.90. The zero-order valence-electron chi connectivity index (χ0n) is 21.9. The van der Waals surface area contributed by atoms with E-state index in [4.69, 9.17) is 20.8 Å². The largest absolute Gasteiger partial charge is 0.444 e. The third-order valence-corrected chi connectivity index (χ3v) is 6.42. The summed E-state index contributed by atoms with van der Waals surface area (Å²) >= 11 is 0. The van der Waals surface area contributed by atoms with Crippen LogP contribution in [-0.4, -0.2) is 50.2 Å². The van der Waals surface area contributed by atoms with Crippen LogP contribution in [0.1, 0.15) is 57.1 Å². The number of amides is 1. The molecule has 1 amide bonds. The van der Waals surface area contributed by atoms with Gasteiger partial charge in [-0.25, -0.2) is 14.6 Å². The predicted molar refractivity (Wildman–Crippen MR) is 143 cm³/mol. The van der Waals surface area contributed by atoms with Crippen molar-refractivity contribution in [3.05, 3.63) is 65.6 Å². The number of benzene rings is 2. The summed E-state index contributed by atoms with van der Waals surface area (Å²) in [6.07, 6.45) is 1.08. The molecule has 194 valence electrons. The number of Topliss-reactive ketones (excluding diaryl/α,β-unsaturated/α-hetero) is 1. The lowest BCUT2D eigenvalue weighted by Crippen LogP contribution is -2.43. The van der Waals surface area contributed by atoms with E-state index >= 15 is 0 Å². The Morgan fingerprint density at radius 2 is 1.82 bits per heavy atom. The molecule has 1 aliphatic rings. The number of carbonyl (C=O) groups is 2. The summed E-state index contributed by atoms with van der Waals surface area (Å²) in [5, 5.41) is 4.77. The number of carbonyl (C=O) groups excluding carboxylic acids is 2. The second kappa shape index (κ2) is 9.78. The van der Waals surface area contributed by atoms with Crippen molar-refractivity contribution in [3.8, 4) is 22.7 Å². The van der Waals surface area contributed by atoms with Crippen LogP contribution in [0.2, 0.25) is 0 Å². The van der Waals surface area contributed by atoms with Gasteiger partial charge in [0.2, 0.25) is 11.6 Å². The highest BCUT2D eigenvalue weighted by Gasteiger charge is 2.32. The van der Waals surface area contributed by atoms with Crippen molar-refractivity contribution in [2.24, 2.45) is 0 Å². The molecule has 4 aromatic rings. The van der Waals surface area contributed by atoms with Gasteiger partial charge in [-0.2, -0.15) is 5.10 Å². The molecule has 1 atom stereocenters. The van der Waals surface area contributed by atoms with Crippen molar-refractivity contribution in [2.45, 2.75) is 52.2 Å². The van der Waals surface area contributed by atoms with Crippen LogP contribution in [0, 0.1) is 6.57 Å². The fourth-order valence-corrected chi connectivity index (χ4v) is 4.73. The van der Waals surface area contributed by atoms with E-state index in [9.17, 15) is 9.59 Å². The smallest absolute Gasteiger partial charge is 0.410 e. The summed E-state index contributed by atoms with van der Waals surface area (Å²) in [4.78, 5) is 35.3. The minimum absolute atomic E-state index is 0.210. The molecule has 0 radical (unpaired) electrons. The molecule has 2 aromatic carbocycles. The number of rotatable bonds is 4. The molecule has 9 heteroatoms. The van der Waals surface area contributed by atoms with Crippen LogP contribution >= 0.6 is 0 Å². The van der Waals surface area contributed by atoms with Gasteiger partial charge in [-0.3, -0.25) is 9.48 Å². The molecule has 38 heavy (non-hydrogen) atoms. The fourth-order valence-electron chi connectivity index (χ4n) is 4.73. The molecular formula is C29H29N5O4. The average Bonchev–Trinajstić information content (AvgIpc) is 3.50. The molecule has 0 saturated carbocycles. The van der Waals surface area contributed by atoms with Gasteiger partial charge in [-0.05, 0) is 70.4 Å². The van der Waals surface area contributed by atoms with Gasteiger partial charge in [-0.15, -0.1) is 0 Å². The molecule has 9 nitrogen and oxygen atoms in total. The van der Waals surface area contributed by atoms with Gasteiger partial charge in [0, 0.05) is 18.7 Å². The molecule has 0 spiro atoms. The van der Waals surface area contributed by atoms with Gasteiger partial charge in [0.15, 0.2) is 11.4 Å². The maximum absolute atomic E-state index is 12.7. The van der Waals surface area contributed by atoms with Crippen molar-refractivity contribution in [2.75, 3.05) is 13.1 Å². The number of nitrogens with zero attached hydrogens (tertiary/aromatic N) is 5. The van der Waals surface area contributed by atoms with Gasteiger partial charge < -0.3 is 14.1 Å². The first-order chi connectivity index (χ1) is 18.1. The van der Waals surface area contributed by atoms with Crippen molar-refractivity contribution >= 4 is 28.7 Å². The molecular weight excluding hydrogens is 482 g/mol. The number of ketones is 1.